The lowest BCUT2D eigenvalue weighted by Crippen LogP contribution is -2.39. The molecule has 2 atom stereocenters. The molecule has 1 aliphatic rings. The maximum absolute atomic E-state index is 6.09. The van der Waals surface area contributed by atoms with E-state index in [0.717, 1.165) is 37.1 Å². The van der Waals surface area contributed by atoms with Crippen LogP contribution in [0.25, 0.3) is 0 Å². The molecule has 29 heavy (non-hydrogen) atoms. The third-order valence-electron chi connectivity index (χ3n) is 6.28. The van der Waals surface area contributed by atoms with Gasteiger partial charge in [-0.25, -0.2) is 0 Å². The second-order valence-electron chi connectivity index (χ2n) is 9.38. The van der Waals surface area contributed by atoms with Crippen molar-refractivity contribution < 1.29 is 14.2 Å². The quantitative estimate of drug-likeness (QED) is 0.444. The summed E-state index contributed by atoms with van der Waals surface area (Å²) in [4.78, 5) is 0. The molecule has 4 heteroatoms. The van der Waals surface area contributed by atoms with Crippen molar-refractivity contribution in [3.05, 3.63) is 23.8 Å². The molecule has 4 nitrogen and oxygen atoms in total. The molecular formula is C25H43NO3. The summed E-state index contributed by atoms with van der Waals surface area (Å²) in [6.45, 7) is 14.7. The molecule has 2 rings (SSSR count). The number of nitrogens with one attached hydrogen (secondary N) is 1. The molecule has 0 bridgehead atoms. The molecule has 0 saturated carbocycles. The monoisotopic (exact) mass is 405 g/mol. The minimum atomic E-state index is 0.409. The van der Waals surface area contributed by atoms with Gasteiger partial charge in [-0.05, 0) is 74.1 Å². The van der Waals surface area contributed by atoms with Crippen LogP contribution in [0.5, 0.6) is 11.5 Å². The van der Waals surface area contributed by atoms with Crippen LogP contribution >= 0.6 is 0 Å². The van der Waals surface area contributed by atoms with Gasteiger partial charge in [0.25, 0.3) is 0 Å². The third-order valence-corrected chi connectivity index (χ3v) is 6.28. The summed E-state index contributed by atoms with van der Waals surface area (Å²) in [5.41, 5.74) is 1.65. The second kappa shape index (κ2) is 11.8. The number of rotatable bonds is 12. The summed E-state index contributed by atoms with van der Waals surface area (Å²) in [5.74, 6) is 2.98. The summed E-state index contributed by atoms with van der Waals surface area (Å²) in [5, 5.41) is 3.67. The first-order valence-electron chi connectivity index (χ1n) is 11.5. The first-order chi connectivity index (χ1) is 13.9. The molecule has 1 aromatic rings. The van der Waals surface area contributed by atoms with Crippen molar-refractivity contribution in [2.45, 2.75) is 79.4 Å². The zero-order valence-corrected chi connectivity index (χ0v) is 19.6. The molecule has 0 unspecified atom stereocenters. The average molecular weight is 406 g/mol. The summed E-state index contributed by atoms with van der Waals surface area (Å²) in [7, 11) is 1.70. The Kier molecular flexibility index (Phi) is 9.78. The van der Waals surface area contributed by atoms with E-state index in [1.54, 1.807) is 7.11 Å². The third kappa shape index (κ3) is 7.49. The first kappa shape index (κ1) is 24.0. The minimum absolute atomic E-state index is 0.409. The van der Waals surface area contributed by atoms with Crippen molar-refractivity contribution in [1.82, 2.24) is 5.32 Å². The molecule has 1 aromatic carbocycles. The normalized spacial score (nSPS) is 22.3. The number of benzene rings is 1. The molecule has 0 spiro atoms. The Bertz CT molecular complexity index is 602. The summed E-state index contributed by atoms with van der Waals surface area (Å²) in [6.07, 6.45) is 6.65. The van der Waals surface area contributed by atoms with Crippen molar-refractivity contribution in [3.8, 4) is 11.5 Å². The Morgan fingerprint density at radius 1 is 1.17 bits per heavy atom. The van der Waals surface area contributed by atoms with Crippen LogP contribution < -0.4 is 14.8 Å². The summed E-state index contributed by atoms with van der Waals surface area (Å²) < 4.78 is 17.2. The van der Waals surface area contributed by atoms with Crippen LogP contribution in [-0.4, -0.2) is 33.0 Å². The van der Waals surface area contributed by atoms with Gasteiger partial charge in [0.2, 0.25) is 0 Å². The molecular weight excluding hydrogens is 362 g/mol. The van der Waals surface area contributed by atoms with Crippen molar-refractivity contribution >= 4 is 0 Å². The van der Waals surface area contributed by atoms with E-state index in [0.29, 0.717) is 24.0 Å². The molecule has 1 aliphatic heterocycles. The minimum Gasteiger partial charge on any atom is -0.493 e. The van der Waals surface area contributed by atoms with Gasteiger partial charge in [-0.2, -0.15) is 0 Å². The Labute approximate surface area is 178 Å². The second-order valence-corrected chi connectivity index (χ2v) is 9.38. The maximum Gasteiger partial charge on any atom is 0.161 e. The lowest BCUT2D eigenvalue weighted by atomic mass is 9.69. The van der Waals surface area contributed by atoms with Gasteiger partial charge in [-0.15, -0.1) is 0 Å². The zero-order valence-electron chi connectivity index (χ0n) is 19.6. The van der Waals surface area contributed by atoms with Gasteiger partial charge in [0, 0.05) is 13.2 Å². The van der Waals surface area contributed by atoms with E-state index >= 15 is 0 Å². The van der Waals surface area contributed by atoms with Gasteiger partial charge in [0.1, 0.15) is 0 Å². The Hall–Kier alpha value is -1.26. The molecule has 0 radical (unpaired) electrons. The van der Waals surface area contributed by atoms with Gasteiger partial charge in [0.05, 0.1) is 19.8 Å². The molecule has 1 heterocycles. The van der Waals surface area contributed by atoms with Gasteiger partial charge >= 0.3 is 0 Å². The standard InChI is InChI=1S/C25H43NO3/c1-7-28-22-9-8-21(16-23(22)27-6)18-26-14-12-25(11-10-19(2)3)13-15-29-24(17-25)20(4)5/h8-9,16,19-20,24,26H,7,10-15,17-18H2,1-6H3/t24-,25+/m1/s1. The van der Waals surface area contributed by atoms with Gasteiger partial charge in [-0.1, -0.05) is 40.2 Å². The summed E-state index contributed by atoms with van der Waals surface area (Å²) >= 11 is 0. The topological polar surface area (TPSA) is 39.7 Å². The number of ether oxygens (including phenoxy) is 3. The van der Waals surface area contributed by atoms with Gasteiger partial charge < -0.3 is 19.5 Å². The van der Waals surface area contributed by atoms with E-state index in [1.165, 1.54) is 37.7 Å². The highest BCUT2D eigenvalue weighted by molar-refractivity contribution is 5.42. The number of hydrogen-bond donors (Lipinski definition) is 1. The van der Waals surface area contributed by atoms with E-state index in [9.17, 15) is 0 Å². The largest absolute Gasteiger partial charge is 0.493 e. The first-order valence-corrected chi connectivity index (χ1v) is 11.5. The molecule has 0 aromatic heterocycles. The Morgan fingerprint density at radius 3 is 2.62 bits per heavy atom. The van der Waals surface area contributed by atoms with Crippen molar-refractivity contribution in [3.63, 3.8) is 0 Å². The van der Waals surface area contributed by atoms with Gasteiger partial charge in [-0.3, -0.25) is 0 Å². The molecule has 1 fully saturated rings. The van der Waals surface area contributed by atoms with Crippen LogP contribution in [0.4, 0.5) is 0 Å². The average Bonchev–Trinajstić information content (AvgIpc) is 2.71. The SMILES string of the molecule is CCOc1ccc(CNCC[C@@]2(CCC(C)C)CCO[C@@H](C(C)C)C2)cc1OC. The van der Waals surface area contributed by atoms with E-state index in [-0.39, 0.29) is 0 Å². The predicted octanol–water partition coefficient (Wildman–Crippen LogP) is 5.83. The van der Waals surface area contributed by atoms with Crippen molar-refractivity contribution in [2.75, 3.05) is 26.9 Å². The van der Waals surface area contributed by atoms with Crippen LogP contribution in [0.15, 0.2) is 18.2 Å². The molecule has 1 N–H and O–H groups in total. The highest BCUT2D eigenvalue weighted by Gasteiger charge is 2.37. The summed E-state index contributed by atoms with van der Waals surface area (Å²) in [6, 6.07) is 6.21. The van der Waals surface area contributed by atoms with Crippen LogP contribution in [0.1, 0.15) is 72.3 Å². The van der Waals surface area contributed by atoms with Crippen molar-refractivity contribution in [1.29, 1.82) is 0 Å². The van der Waals surface area contributed by atoms with E-state index in [1.807, 2.05) is 13.0 Å². The number of hydrogen-bond acceptors (Lipinski definition) is 4. The molecule has 0 amide bonds. The molecule has 166 valence electrons. The molecule has 0 aliphatic carbocycles. The van der Waals surface area contributed by atoms with Crippen LogP contribution in [0.2, 0.25) is 0 Å². The van der Waals surface area contributed by atoms with Gasteiger partial charge in [0.15, 0.2) is 11.5 Å². The van der Waals surface area contributed by atoms with Crippen molar-refractivity contribution in [2.24, 2.45) is 17.3 Å². The Balaban J connectivity index is 1.92. The fourth-order valence-electron chi connectivity index (χ4n) is 4.30. The Morgan fingerprint density at radius 2 is 1.97 bits per heavy atom. The molecule has 1 saturated heterocycles. The highest BCUT2D eigenvalue weighted by atomic mass is 16.5. The van der Waals surface area contributed by atoms with Crippen LogP contribution in [0.3, 0.4) is 0 Å². The van der Waals surface area contributed by atoms with E-state index in [2.05, 4.69) is 45.1 Å². The zero-order chi connectivity index (χ0) is 21.3. The van der Waals surface area contributed by atoms with Crippen LogP contribution in [-0.2, 0) is 11.3 Å². The fraction of sp³-hybridized carbons (Fsp3) is 0.760. The maximum atomic E-state index is 6.09. The highest BCUT2D eigenvalue weighted by Crippen LogP contribution is 2.43. The van der Waals surface area contributed by atoms with E-state index in [4.69, 9.17) is 14.2 Å². The van der Waals surface area contributed by atoms with E-state index < -0.39 is 0 Å². The lowest BCUT2D eigenvalue weighted by Gasteiger charge is -2.43. The lowest BCUT2D eigenvalue weighted by molar-refractivity contribution is -0.0761. The predicted molar refractivity (Wildman–Crippen MR) is 121 cm³/mol. The number of methoxy groups -OCH3 is 1. The van der Waals surface area contributed by atoms with Crippen LogP contribution in [0, 0.1) is 17.3 Å². The fourth-order valence-corrected chi connectivity index (χ4v) is 4.30. The smallest absolute Gasteiger partial charge is 0.161 e.